The van der Waals surface area contributed by atoms with Gasteiger partial charge in [0.05, 0.1) is 34.8 Å². The molecule has 1 N–H and O–H groups in total. The molecule has 10 heteroatoms. The molecular weight excluding hydrogens is 561 g/mol. The van der Waals surface area contributed by atoms with E-state index in [1.165, 1.54) is 29.5 Å². The van der Waals surface area contributed by atoms with Gasteiger partial charge in [-0.15, -0.1) is 0 Å². The Labute approximate surface area is 247 Å². The maximum Gasteiger partial charge on any atom is 0.280 e. The standard InChI is InChI=1S/C31H27Cl2N5O3/c1-15(2)37-27-26(36-28(37)21-9-7-18(17-5-6-17)11-25(21)41-4)29(39)38(24-13-20(33)14-34-16(24)3)31(27)22-10-8-19(32)12-23(22)35-30(31)40/h7-15,17H,5-6H2,1-4H3,(H,35,40)/t31-/m0/s1. The fraction of sp³-hybridized carbons (Fsp3) is 0.290. The molecule has 1 fully saturated rings. The lowest BCUT2D eigenvalue weighted by Crippen LogP contribution is -2.51. The van der Waals surface area contributed by atoms with Crippen LogP contribution in [0.1, 0.15) is 71.7 Å². The largest absolute Gasteiger partial charge is 0.496 e. The summed E-state index contributed by atoms with van der Waals surface area (Å²) in [5.74, 6) is 0.986. The monoisotopic (exact) mass is 587 g/mol. The van der Waals surface area contributed by atoms with E-state index in [0.29, 0.717) is 55.9 Å². The van der Waals surface area contributed by atoms with Gasteiger partial charge in [0.1, 0.15) is 11.6 Å². The van der Waals surface area contributed by atoms with Gasteiger partial charge in [0.15, 0.2) is 11.2 Å². The molecule has 0 saturated heterocycles. The van der Waals surface area contributed by atoms with E-state index < -0.39 is 11.4 Å². The fourth-order valence-corrected chi connectivity index (χ4v) is 6.61. The lowest BCUT2D eigenvalue weighted by Gasteiger charge is -2.36. The van der Waals surface area contributed by atoms with Gasteiger partial charge in [-0.2, -0.15) is 0 Å². The molecule has 0 bridgehead atoms. The number of rotatable bonds is 5. The van der Waals surface area contributed by atoms with Gasteiger partial charge in [0, 0.05) is 28.5 Å². The number of hydrogen-bond donors (Lipinski definition) is 1. The first-order chi connectivity index (χ1) is 19.7. The second kappa shape index (κ2) is 9.06. The topological polar surface area (TPSA) is 89.3 Å². The SMILES string of the molecule is COc1cc(C2CC2)ccc1-c1nc2c(n1C(C)C)[C@@]1(C(=O)Nc3cc(Cl)ccc31)N(c1cc(Cl)cnc1C)C2=O. The Morgan fingerprint density at radius 1 is 1.07 bits per heavy atom. The van der Waals surface area contributed by atoms with Gasteiger partial charge >= 0.3 is 0 Å². The van der Waals surface area contributed by atoms with Crippen molar-refractivity contribution in [3.05, 3.63) is 86.9 Å². The molecule has 0 radical (unpaired) electrons. The second-order valence-electron chi connectivity index (χ2n) is 11.1. The van der Waals surface area contributed by atoms with Gasteiger partial charge in [-0.05, 0) is 75.4 Å². The van der Waals surface area contributed by atoms with Crippen molar-refractivity contribution >= 4 is 46.4 Å². The van der Waals surface area contributed by atoms with Crippen molar-refractivity contribution in [3.8, 4) is 17.1 Å². The van der Waals surface area contributed by atoms with E-state index in [-0.39, 0.29) is 17.6 Å². The Kier molecular flexibility index (Phi) is 5.76. The highest BCUT2D eigenvalue weighted by Crippen LogP contribution is 2.55. The van der Waals surface area contributed by atoms with Crippen molar-refractivity contribution < 1.29 is 14.3 Å². The number of carbonyl (C=O) groups is 2. The van der Waals surface area contributed by atoms with Crippen LogP contribution in [-0.2, 0) is 10.3 Å². The van der Waals surface area contributed by atoms with Crippen molar-refractivity contribution in [2.75, 3.05) is 17.3 Å². The number of ether oxygens (including phenoxy) is 1. The molecule has 7 rings (SSSR count). The van der Waals surface area contributed by atoms with E-state index in [0.717, 1.165) is 5.56 Å². The molecule has 1 spiro atoms. The fourth-order valence-electron chi connectivity index (χ4n) is 6.29. The zero-order valence-electron chi connectivity index (χ0n) is 23.0. The summed E-state index contributed by atoms with van der Waals surface area (Å²) in [4.78, 5) is 39.7. The first-order valence-corrected chi connectivity index (χ1v) is 14.3. The molecule has 208 valence electrons. The summed E-state index contributed by atoms with van der Waals surface area (Å²) >= 11 is 12.7. The van der Waals surface area contributed by atoms with Gasteiger partial charge < -0.3 is 14.6 Å². The predicted molar refractivity (Wildman–Crippen MR) is 158 cm³/mol. The summed E-state index contributed by atoms with van der Waals surface area (Å²) in [6.07, 6.45) is 3.85. The first kappa shape index (κ1) is 26.0. The van der Waals surface area contributed by atoms with E-state index in [4.69, 9.17) is 32.9 Å². The van der Waals surface area contributed by atoms with E-state index in [1.54, 1.807) is 38.3 Å². The number of pyridine rings is 1. The second-order valence-corrected chi connectivity index (χ2v) is 12.0. The van der Waals surface area contributed by atoms with Crippen LogP contribution in [0.4, 0.5) is 11.4 Å². The molecule has 2 amide bonds. The van der Waals surface area contributed by atoms with Crippen molar-refractivity contribution in [3.63, 3.8) is 0 Å². The number of amides is 2. The first-order valence-electron chi connectivity index (χ1n) is 13.6. The number of nitrogens with one attached hydrogen (secondary N) is 1. The van der Waals surface area contributed by atoms with Crippen molar-refractivity contribution in [2.45, 2.75) is 51.1 Å². The third-order valence-corrected chi connectivity index (χ3v) is 8.68. The van der Waals surface area contributed by atoms with E-state index in [1.807, 2.05) is 24.5 Å². The van der Waals surface area contributed by atoms with Gasteiger partial charge in [-0.1, -0.05) is 35.3 Å². The number of imidazole rings is 1. The van der Waals surface area contributed by atoms with Crippen molar-refractivity contribution in [2.24, 2.45) is 0 Å². The molecule has 2 aromatic heterocycles. The quantitative estimate of drug-likeness (QED) is 0.275. The van der Waals surface area contributed by atoms with Gasteiger partial charge in [-0.3, -0.25) is 19.5 Å². The molecule has 1 aliphatic carbocycles. The third-order valence-electron chi connectivity index (χ3n) is 8.24. The summed E-state index contributed by atoms with van der Waals surface area (Å²) in [6.45, 7) is 5.81. The number of hydrogen-bond acceptors (Lipinski definition) is 5. The van der Waals surface area contributed by atoms with Gasteiger partial charge in [0.25, 0.3) is 11.8 Å². The number of anilines is 2. The summed E-state index contributed by atoms with van der Waals surface area (Å²) in [7, 11) is 1.64. The molecule has 41 heavy (non-hydrogen) atoms. The third kappa shape index (κ3) is 3.60. The normalized spacial score (nSPS) is 19.2. The summed E-state index contributed by atoms with van der Waals surface area (Å²) in [5.41, 5.74) is 3.21. The van der Waals surface area contributed by atoms with Crippen LogP contribution in [0.5, 0.6) is 5.75 Å². The highest BCUT2D eigenvalue weighted by atomic mass is 35.5. The summed E-state index contributed by atoms with van der Waals surface area (Å²) < 4.78 is 7.83. The van der Waals surface area contributed by atoms with Crippen LogP contribution in [0.2, 0.25) is 10.0 Å². The molecule has 1 atom stereocenters. The number of methoxy groups -OCH3 is 1. The number of halogens is 2. The maximum atomic E-state index is 14.5. The number of nitrogens with zero attached hydrogens (tertiary/aromatic N) is 4. The van der Waals surface area contributed by atoms with Crippen molar-refractivity contribution in [1.82, 2.24) is 14.5 Å². The molecular formula is C31H27Cl2N5O3. The maximum absolute atomic E-state index is 14.5. The highest BCUT2D eigenvalue weighted by Gasteiger charge is 2.64. The Balaban J connectivity index is 1.55. The Hall–Kier alpha value is -3.88. The zero-order valence-corrected chi connectivity index (χ0v) is 24.5. The van der Waals surface area contributed by atoms with Gasteiger partial charge in [0.2, 0.25) is 0 Å². The number of fused-ring (bicyclic) bond motifs is 4. The minimum absolute atomic E-state index is 0.165. The number of carbonyl (C=O) groups excluding carboxylic acids is 2. The molecule has 4 aromatic rings. The van der Waals surface area contributed by atoms with Crippen molar-refractivity contribution in [1.29, 1.82) is 0 Å². The molecule has 8 nitrogen and oxygen atoms in total. The molecule has 2 aliphatic heterocycles. The van der Waals surface area contributed by atoms with Crippen LogP contribution < -0.4 is 15.0 Å². The predicted octanol–water partition coefficient (Wildman–Crippen LogP) is 6.88. The van der Waals surface area contributed by atoms with E-state index in [2.05, 4.69) is 22.4 Å². The smallest absolute Gasteiger partial charge is 0.280 e. The minimum Gasteiger partial charge on any atom is -0.496 e. The van der Waals surface area contributed by atoms with Gasteiger partial charge in [-0.25, -0.2) is 4.98 Å². The summed E-state index contributed by atoms with van der Waals surface area (Å²) in [5, 5.41) is 3.81. The van der Waals surface area contributed by atoms with Crippen LogP contribution in [0.3, 0.4) is 0 Å². The highest BCUT2D eigenvalue weighted by molar-refractivity contribution is 6.32. The molecule has 4 heterocycles. The number of aromatic nitrogens is 3. The zero-order chi connectivity index (χ0) is 28.8. The number of aryl methyl sites for hydroxylation is 1. The average molecular weight is 588 g/mol. The van der Waals surface area contributed by atoms with Crippen LogP contribution in [0.25, 0.3) is 11.4 Å². The molecule has 0 unspecified atom stereocenters. The average Bonchev–Trinajstić information content (AvgIpc) is 3.59. The molecule has 1 saturated carbocycles. The van der Waals surface area contributed by atoms with Crippen LogP contribution >= 0.6 is 23.2 Å². The van der Waals surface area contributed by atoms with Crippen LogP contribution in [-0.4, -0.2) is 33.5 Å². The Morgan fingerprint density at radius 2 is 1.85 bits per heavy atom. The van der Waals surface area contributed by atoms with Crippen LogP contribution in [0.15, 0.2) is 48.7 Å². The van der Waals surface area contributed by atoms with E-state index in [9.17, 15) is 9.59 Å². The summed E-state index contributed by atoms with van der Waals surface area (Å²) in [6, 6.07) is 12.9. The van der Waals surface area contributed by atoms with E-state index >= 15 is 0 Å². The minimum atomic E-state index is -1.57. The number of benzene rings is 2. The van der Waals surface area contributed by atoms with Crippen LogP contribution in [0, 0.1) is 6.92 Å². The molecule has 2 aromatic carbocycles. The molecule has 3 aliphatic rings. The lowest BCUT2D eigenvalue weighted by molar-refractivity contribution is -0.119. The Morgan fingerprint density at radius 3 is 2.56 bits per heavy atom. The Bertz CT molecular complexity index is 1790. The lowest BCUT2D eigenvalue weighted by atomic mass is 9.87.